The molecule has 31 heavy (non-hydrogen) atoms. The summed E-state index contributed by atoms with van der Waals surface area (Å²) in [6.07, 6.45) is -1.19. The van der Waals surface area contributed by atoms with Crippen LogP contribution in [0.1, 0.15) is 15.9 Å². The van der Waals surface area contributed by atoms with Gasteiger partial charge in [-0.25, -0.2) is 12.7 Å². The van der Waals surface area contributed by atoms with Crippen molar-refractivity contribution < 1.29 is 23.1 Å². The summed E-state index contributed by atoms with van der Waals surface area (Å²) in [5.41, 5.74) is 2.57. The Labute approximate surface area is 179 Å². The summed E-state index contributed by atoms with van der Waals surface area (Å²) >= 11 is 0. The highest BCUT2D eigenvalue weighted by atomic mass is 32.2. The maximum Gasteiger partial charge on any atom is 0.269 e. The number of nitriles is 1. The van der Waals surface area contributed by atoms with Gasteiger partial charge >= 0.3 is 0 Å². The van der Waals surface area contributed by atoms with E-state index in [1.54, 1.807) is 36.4 Å². The van der Waals surface area contributed by atoms with Gasteiger partial charge in [0.25, 0.3) is 15.9 Å². The van der Waals surface area contributed by atoms with Gasteiger partial charge in [-0.3, -0.25) is 4.79 Å². The maximum atomic E-state index is 12.6. The number of amides is 1. The van der Waals surface area contributed by atoms with Crippen molar-refractivity contribution in [1.82, 2.24) is 4.31 Å². The first-order valence-corrected chi connectivity index (χ1v) is 10.9. The largest absolute Gasteiger partial charge is 0.491 e. The number of carbonyl (C=O) groups excluding carboxylic acids is 1. The molecule has 1 atom stereocenters. The predicted octanol–water partition coefficient (Wildman–Crippen LogP) is 2.81. The van der Waals surface area contributed by atoms with E-state index in [1.807, 2.05) is 24.3 Å². The van der Waals surface area contributed by atoms with E-state index in [9.17, 15) is 18.3 Å². The zero-order valence-electron chi connectivity index (χ0n) is 16.3. The number of aliphatic hydroxyl groups is 1. The summed E-state index contributed by atoms with van der Waals surface area (Å²) in [5.74, 6) is -0.156. The number of fused-ring (bicyclic) bond motifs is 1. The SMILES string of the molecule is N#Cc1ccc(-c2ccc(OCC(O)CN3C(=O)c4ccccc4S3(=O)=O)cc2)cc1. The fraction of sp³-hybridized carbons (Fsp3) is 0.130. The molecule has 1 aliphatic rings. The smallest absolute Gasteiger partial charge is 0.269 e. The average Bonchev–Trinajstić information content (AvgIpc) is 2.99. The number of β-amino-alcohol motifs (C(OH)–C–C–N with tert-alkyl or cyclic N) is 1. The van der Waals surface area contributed by atoms with Crippen LogP contribution in [0.15, 0.2) is 77.7 Å². The van der Waals surface area contributed by atoms with E-state index in [4.69, 9.17) is 10.00 Å². The number of sulfonamides is 1. The summed E-state index contributed by atoms with van der Waals surface area (Å²) in [4.78, 5) is 12.4. The zero-order chi connectivity index (χ0) is 22.0. The second-order valence-electron chi connectivity index (χ2n) is 7.02. The van der Waals surface area contributed by atoms with Gasteiger partial charge in [0.2, 0.25) is 0 Å². The zero-order valence-corrected chi connectivity index (χ0v) is 17.1. The van der Waals surface area contributed by atoms with Crippen molar-refractivity contribution in [3.63, 3.8) is 0 Å². The number of ether oxygens (including phenoxy) is 1. The van der Waals surface area contributed by atoms with Crippen molar-refractivity contribution in [3.05, 3.63) is 83.9 Å². The molecule has 0 fully saturated rings. The van der Waals surface area contributed by atoms with Gasteiger partial charge in [-0.2, -0.15) is 5.26 Å². The normalized spacial score (nSPS) is 15.2. The van der Waals surface area contributed by atoms with Crippen LogP contribution in [0.3, 0.4) is 0 Å². The second kappa shape index (κ2) is 8.22. The molecule has 156 valence electrons. The van der Waals surface area contributed by atoms with Gasteiger partial charge in [0, 0.05) is 0 Å². The highest BCUT2D eigenvalue weighted by Crippen LogP contribution is 2.30. The fourth-order valence-corrected chi connectivity index (χ4v) is 4.94. The van der Waals surface area contributed by atoms with Crippen LogP contribution in [0.5, 0.6) is 5.75 Å². The molecule has 3 aromatic rings. The minimum atomic E-state index is -3.97. The van der Waals surface area contributed by atoms with Crippen LogP contribution in [0.25, 0.3) is 11.1 Å². The van der Waals surface area contributed by atoms with E-state index in [-0.39, 0.29) is 23.6 Å². The number of carbonyl (C=O) groups is 1. The molecule has 0 bridgehead atoms. The Morgan fingerprint density at radius 3 is 2.19 bits per heavy atom. The summed E-state index contributed by atoms with van der Waals surface area (Å²) < 4.78 is 31.3. The average molecular weight is 434 g/mol. The van der Waals surface area contributed by atoms with E-state index in [0.29, 0.717) is 15.6 Å². The molecular weight excluding hydrogens is 416 g/mol. The van der Waals surface area contributed by atoms with Crippen LogP contribution >= 0.6 is 0 Å². The van der Waals surface area contributed by atoms with Crippen LogP contribution in [0.4, 0.5) is 0 Å². The van der Waals surface area contributed by atoms with Gasteiger partial charge in [0.15, 0.2) is 0 Å². The molecule has 0 aromatic heterocycles. The minimum Gasteiger partial charge on any atom is -0.491 e. The van der Waals surface area contributed by atoms with Crippen molar-refractivity contribution in [1.29, 1.82) is 5.26 Å². The van der Waals surface area contributed by atoms with Gasteiger partial charge in [0.1, 0.15) is 23.4 Å². The van der Waals surface area contributed by atoms with Crippen LogP contribution in [-0.4, -0.2) is 43.0 Å². The molecule has 1 heterocycles. The number of benzene rings is 3. The highest BCUT2D eigenvalue weighted by molar-refractivity contribution is 7.90. The first-order valence-electron chi connectivity index (χ1n) is 9.48. The van der Waals surface area contributed by atoms with E-state index in [2.05, 4.69) is 6.07 Å². The molecule has 1 unspecified atom stereocenters. The summed E-state index contributed by atoms with van der Waals surface area (Å²) in [5, 5.41) is 19.1. The maximum absolute atomic E-state index is 12.6. The Bertz CT molecular complexity index is 1260. The Kier molecular flexibility index (Phi) is 5.46. The Morgan fingerprint density at radius 1 is 0.968 bits per heavy atom. The lowest BCUT2D eigenvalue weighted by Gasteiger charge is -2.19. The van der Waals surface area contributed by atoms with Gasteiger partial charge < -0.3 is 9.84 Å². The second-order valence-corrected chi connectivity index (χ2v) is 8.85. The van der Waals surface area contributed by atoms with E-state index >= 15 is 0 Å². The lowest BCUT2D eigenvalue weighted by Crippen LogP contribution is -2.39. The molecule has 1 N–H and O–H groups in total. The molecule has 0 spiro atoms. The molecule has 1 amide bonds. The van der Waals surface area contributed by atoms with Crippen molar-refractivity contribution in [2.45, 2.75) is 11.0 Å². The van der Waals surface area contributed by atoms with Gasteiger partial charge in [0.05, 0.1) is 23.7 Å². The summed E-state index contributed by atoms with van der Waals surface area (Å²) in [7, 11) is -3.97. The quantitative estimate of drug-likeness (QED) is 0.639. The van der Waals surface area contributed by atoms with E-state index in [1.165, 1.54) is 12.1 Å². The molecule has 0 saturated heterocycles. The Hall–Kier alpha value is -3.67. The number of hydrogen-bond acceptors (Lipinski definition) is 6. The number of aliphatic hydroxyl groups excluding tert-OH is 1. The molecule has 8 heteroatoms. The minimum absolute atomic E-state index is 0.0495. The monoisotopic (exact) mass is 434 g/mol. The van der Waals surface area contributed by atoms with Crippen molar-refractivity contribution in [3.8, 4) is 22.9 Å². The molecule has 4 rings (SSSR count). The molecule has 1 aliphatic heterocycles. The first-order chi connectivity index (χ1) is 14.9. The standard InChI is InChI=1S/C23H18N2O5S/c24-13-16-5-7-17(8-6-16)18-9-11-20(12-10-18)30-15-19(26)14-25-23(27)21-3-1-2-4-22(21)31(25,28)29/h1-12,19,26H,14-15H2. The molecule has 0 saturated carbocycles. The number of hydrogen-bond donors (Lipinski definition) is 1. The Balaban J connectivity index is 1.37. The lowest BCUT2D eigenvalue weighted by atomic mass is 10.0. The third kappa shape index (κ3) is 4.01. The molecule has 7 nitrogen and oxygen atoms in total. The lowest BCUT2D eigenvalue weighted by molar-refractivity contribution is 0.0687. The van der Waals surface area contributed by atoms with Crippen LogP contribution < -0.4 is 4.74 Å². The highest BCUT2D eigenvalue weighted by Gasteiger charge is 2.41. The van der Waals surface area contributed by atoms with Crippen molar-refractivity contribution in [2.75, 3.05) is 13.2 Å². The van der Waals surface area contributed by atoms with Gasteiger partial charge in [-0.15, -0.1) is 0 Å². The van der Waals surface area contributed by atoms with E-state index < -0.39 is 22.0 Å². The number of rotatable bonds is 6. The molecule has 0 radical (unpaired) electrons. The topological polar surface area (TPSA) is 108 Å². The fourth-order valence-electron chi connectivity index (χ4n) is 3.33. The predicted molar refractivity (Wildman–Crippen MR) is 113 cm³/mol. The van der Waals surface area contributed by atoms with Crippen LogP contribution in [0, 0.1) is 11.3 Å². The third-order valence-corrected chi connectivity index (χ3v) is 6.74. The molecule has 0 aliphatic carbocycles. The third-order valence-electron chi connectivity index (χ3n) is 4.93. The summed E-state index contributed by atoms with van der Waals surface area (Å²) in [6.45, 7) is -0.564. The van der Waals surface area contributed by atoms with Crippen molar-refractivity contribution in [2.24, 2.45) is 0 Å². The molecule has 3 aromatic carbocycles. The molecular formula is C23H18N2O5S. The van der Waals surface area contributed by atoms with E-state index in [0.717, 1.165) is 11.1 Å². The van der Waals surface area contributed by atoms with Gasteiger partial charge in [-0.1, -0.05) is 36.4 Å². The summed E-state index contributed by atoms with van der Waals surface area (Å²) in [6, 6.07) is 22.4. The first kappa shape index (κ1) is 20.6. The van der Waals surface area contributed by atoms with Gasteiger partial charge in [-0.05, 0) is 47.5 Å². The Morgan fingerprint density at radius 2 is 1.58 bits per heavy atom. The van der Waals surface area contributed by atoms with Crippen LogP contribution in [-0.2, 0) is 10.0 Å². The number of nitrogens with zero attached hydrogens (tertiary/aromatic N) is 2. The van der Waals surface area contributed by atoms with Crippen LogP contribution in [0.2, 0.25) is 0 Å². The van der Waals surface area contributed by atoms with Crippen molar-refractivity contribution >= 4 is 15.9 Å².